The van der Waals surface area contributed by atoms with Crippen LogP contribution in [0, 0.1) is 0 Å². The quantitative estimate of drug-likeness (QED) is 0.916. The molecule has 3 rings (SSSR count). The zero-order valence-electron chi connectivity index (χ0n) is 12.2. The van der Waals surface area contributed by atoms with Gasteiger partial charge in [0.2, 0.25) is 5.79 Å². The maximum absolute atomic E-state index is 11.0. The van der Waals surface area contributed by atoms with Crippen molar-refractivity contribution >= 4 is 5.71 Å². The Morgan fingerprint density at radius 1 is 1.00 bits per heavy atom. The molecule has 1 aliphatic rings. The number of aliphatic hydroxyl groups is 1. The summed E-state index contributed by atoms with van der Waals surface area (Å²) in [6.45, 7) is 3.82. The summed E-state index contributed by atoms with van der Waals surface area (Å²) in [7, 11) is 0. The molecular weight excluding hydrogens is 262 g/mol. The topological polar surface area (TPSA) is 41.8 Å². The number of rotatable bonds is 2. The predicted octanol–water partition coefficient (Wildman–Crippen LogP) is 3.45. The Labute approximate surface area is 124 Å². The van der Waals surface area contributed by atoms with Gasteiger partial charge < -0.3 is 9.84 Å². The molecule has 0 bridgehead atoms. The van der Waals surface area contributed by atoms with E-state index in [0.29, 0.717) is 11.3 Å². The number of nitrogens with zero attached hydrogens (tertiary/aromatic N) is 1. The molecule has 0 saturated heterocycles. The summed E-state index contributed by atoms with van der Waals surface area (Å²) < 4.78 is 6.10. The molecule has 3 nitrogen and oxygen atoms in total. The van der Waals surface area contributed by atoms with Gasteiger partial charge in [0.05, 0.1) is 11.8 Å². The summed E-state index contributed by atoms with van der Waals surface area (Å²) in [5.41, 5.74) is 2.32. The molecule has 3 atom stereocenters. The average Bonchev–Trinajstić information content (AvgIpc) is 2.53. The lowest BCUT2D eigenvalue weighted by atomic mass is 9.95. The highest BCUT2D eigenvalue weighted by Crippen LogP contribution is 2.38. The molecule has 1 aliphatic heterocycles. The van der Waals surface area contributed by atoms with Gasteiger partial charge in [-0.15, -0.1) is 0 Å². The third-order valence-electron chi connectivity index (χ3n) is 3.92. The van der Waals surface area contributed by atoms with E-state index in [-0.39, 0.29) is 12.1 Å². The Balaban J connectivity index is 2.02. The van der Waals surface area contributed by atoms with Gasteiger partial charge in [0, 0.05) is 5.56 Å². The van der Waals surface area contributed by atoms with Crippen molar-refractivity contribution in [1.82, 2.24) is 0 Å². The minimum atomic E-state index is -1.46. The van der Waals surface area contributed by atoms with Gasteiger partial charge >= 0.3 is 0 Å². The van der Waals surface area contributed by atoms with Crippen molar-refractivity contribution in [1.29, 1.82) is 0 Å². The van der Waals surface area contributed by atoms with Crippen molar-refractivity contribution in [3.05, 3.63) is 71.8 Å². The molecule has 2 aromatic rings. The second kappa shape index (κ2) is 5.43. The molecule has 108 valence electrons. The van der Waals surface area contributed by atoms with E-state index in [1.807, 2.05) is 74.5 Å². The normalized spacial score (nSPS) is 29.0. The molecule has 1 heterocycles. The monoisotopic (exact) mass is 281 g/mol. The Kier molecular flexibility index (Phi) is 3.62. The number of ether oxygens (including phenoxy) is 1. The minimum Gasteiger partial charge on any atom is -0.357 e. The van der Waals surface area contributed by atoms with Crippen LogP contribution < -0.4 is 0 Å². The third kappa shape index (κ3) is 2.50. The fourth-order valence-corrected chi connectivity index (χ4v) is 2.76. The van der Waals surface area contributed by atoms with Crippen molar-refractivity contribution in [3.63, 3.8) is 0 Å². The van der Waals surface area contributed by atoms with Crippen LogP contribution in [0.5, 0.6) is 0 Å². The molecule has 0 aromatic heterocycles. The van der Waals surface area contributed by atoms with Crippen molar-refractivity contribution in [2.45, 2.75) is 31.8 Å². The van der Waals surface area contributed by atoms with E-state index in [0.717, 1.165) is 5.56 Å². The van der Waals surface area contributed by atoms with E-state index in [4.69, 9.17) is 4.74 Å². The lowest BCUT2D eigenvalue weighted by Gasteiger charge is -2.39. The summed E-state index contributed by atoms with van der Waals surface area (Å²) in [5, 5.41) is 11.0. The summed E-state index contributed by atoms with van der Waals surface area (Å²) in [4.78, 5) is 4.61. The molecule has 2 aromatic carbocycles. The van der Waals surface area contributed by atoms with Crippen LogP contribution in [0.2, 0.25) is 0 Å². The molecular formula is C18H19NO2. The lowest BCUT2D eigenvalue weighted by Crippen LogP contribution is -2.44. The van der Waals surface area contributed by atoms with E-state index in [9.17, 15) is 5.11 Å². The maximum atomic E-state index is 11.0. The molecule has 1 N–H and O–H groups in total. The molecule has 0 radical (unpaired) electrons. The standard InChI is InChI=1S/C18H19NO2/c1-13-17(15-9-5-3-6-10-15)21-18(20,14(2)19-13)16-11-7-4-8-12-16/h3-13,17,20H,1-2H3/t13-,17-,18+/m0/s1. The first-order chi connectivity index (χ1) is 10.1. The van der Waals surface area contributed by atoms with Crippen LogP contribution in [0.25, 0.3) is 0 Å². The van der Waals surface area contributed by atoms with E-state index in [1.165, 1.54) is 0 Å². The van der Waals surface area contributed by atoms with Crippen LogP contribution in [0.15, 0.2) is 65.7 Å². The van der Waals surface area contributed by atoms with Gasteiger partial charge in [-0.25, -0.2) is 0 Å². The number of benzene rings is 2. The summed E-state index contributed by atoms with van der Waals surface area (Å²) in [6, 6.07) is 19.3. The van der Waals surface area contributed by atoms with Gasteiger partial charge in [0.1, 0.15) is 6.10 Å². The Morgan fingerprint density at radius 2 is 1.57 bits per heavy atom. The van der Waals surface area contributed by atoms with Crippen LogP contribution >= 0.6 is 0 Å². The fraction of sp³-hybridized carbons (Fsp3) is 0.278. The van der Waals surface area contributed by atoms with Gasteiger partial charge in [0.25, 0.3) is 0 Å². The molecule has 21 heavy (non-hydrogen) atoms. The molecule has 3 heteroatoms. The van der Waals surface area contributed by atoms with Crippen LogP contribution in [0.1, 0.15) is 31.1 Å². The van der Waals surface area contributed by atoms with E-state index in [2.05, 4.69) is 4.99 Å². The zero-order chi connectivity index (χ0) is 14.9. The minimum absolute atomic E-state index is 0.0311. The molecule has 0 saturated carbocycles. The van der Waals surface area contributed by atoms with E-state index >= 15 is 0 Å². The third-order valence-corrected chi connectivity index (χ3v) is 3.92. The van der Waals surface area contributed by atoms with E-state index in [1.54, 1.807) is 0 Å². The highest BCUT2D eigenvalue weighted by molar-refractivity contribution is 5.90. The Hall–Kier alpha value is -1.97. The zero-order valence-corrected chi connectivity index (χ0v) is 12.2. The second-order valence-electron chi connectivity index (χ2n) is 5.41. The maximum Gasteiger partial charge on any atom is 0.233 e. The van der Waals surface area contributed by atoms with Gasteiger partial charge in [0.15, 0.2) is 0 Å². The summed E-state index contributed by atoms with van der Waals surface area (Å²) in [6.07, 6.45) is -0.264. The Bertz CT molecular complexity index is 639. The lowest BCUT2D eigenvalue weighted by molar-refractivity contribution is -0.204. The summed E-state index contributed by atoms with van der Waals surface area (Å²) in [5.74, 6) is -1.46. The predicted molar refractivity (Wildman–Crippen MR) is 83.2 cm³/mol. The summed E-state index contributed by atoms with van der Waals surface area (Å²) >= 11 is 0. The first-order valence-corrected chi connectivity index (χ1v) is 7.17. The fourth-order valence-electron chi connectivity index (χ4n) is 2.76. The van der Waals surface area contributed by atoms with Gasteiger partial charge in [-0.1, -0.05) is 60.7 Å². The molecule has 0 aliphatic carbocycles. The average molecular weight is 281 g/mol. The molecule has 0 unspecified atom stereocenters. The van der Waals surface area contributed by atoms with Gasteiger partial charge in [-0.2, -0.15) is 0 Å². The first-order valence-electron chi connectivity index (χ1n) is 7.17. The molecule has 0 spiro atoms. The van der Waals surface area contributed by atoms with Gasteiger partial charge in [-0.05, 0) is 19.4 Å². The second-order valence-corrected chi connectivity index (χ2v) is 5.41. The number of hydrogen-bond donors (Lipinski definition) is 1. The number of aliphatic imine (C=N–C) groups is 1. The van der Waals surface area contributed by atoms with Crippen molar-refractivity contribution in [2.75, 3.05) is 0 Å². The highest BCUT2D eigenvalue weighted by Gasteiger charge is 2.42. The smallest absolute Gasteiger partial charge is 0.233 e. The van der Waals surface area contributed by atoms with Crippen molar-refractivity contribution in [3.8, 4) is 0 Å². The highest BCUT2D eigenvalue weighted by atomic mass is 16.6. The SMILES string of the molecule is CC1=N[C@@H](C)[C@@H](c2ccccc2)O[C@@]1(O)c1ccccc1. The largest absolute Gasteiger partial charge is 0.357 e. The number of hydrogen-bond acceptors (Lipinski definition) is 3. The van der Waals surface area contributed by atoms with Gasteiger partial charge in [-0.3, -0.25) is 4.99 Å². The Morgan fingerprint density at radius 3 is 2.19 bits per heavy atom. The van der Waals surface area contributed by atoms with Crippen molar-refractivity contribution < 1.29 is 9.84 Å². The van der Waals surface area contributed by atoms with Crippen LogP contribution in [-0.2, 0) is 10.5 Å². The molecule has 0 fully saturated rings. The molecule has 0 amide bonds. The van der Waals surface area contributed by atoms with Crippen molar-refractivity contribution in [2.24, 2.45) is 4.99 Å². The van der Waals surface area contributed by atoms with E-state index < -0.39 is 5.79 Å². The van der Waals surface area contributed by atoms with Crippen LogP contribution in [-0.4, -0.2) is 16.9 Å². The van der Waals surface area contributed by atoms with Crippen LogP contribution in [0.4, 0.5) is 0 Å². The first kappa shape index (κ1) is 14.0. The van der Waals surface area contributed by atoms with Crippen LogP contribution in [0.3, 0.4) is 0 Å².